The first-order chi connectivity index (χ1) is 10.3. The summed E-state index contributed by atoms with van der Waals surface area (Å²) in [5, 5.41) is 1.14. The van der Waals surface area contributed by atoms with E-state index in [0.717, 1.165) is 18.1 Å². The lowest BCUT2D eigenvalue weighted by Crippen LogP contribution is -2.33. The van der Waals surface area contributed by atoms with Gasteiger partial charge in [-0.15, -0.1) is 0 Å². The molecule has 106 valence electrons. The number of hydrogen-bond donors (Lipinski definition) is 1. The summed E-state index contributed by atoms with van der Waals surface area (Å²) in [6.45, 7) is 3.03. The monoisotopic (exact) mass is 296 g/mol. The van der Waals surface area contributed by atoms with Gasteiger partial charge >= 0.3 is 0 Å². The molecular formula is C16H16N4S. The van der Waals surface area contributed by atoms with Gasteiger partial charge in [-0.25, -0.2) is 4.98 Å². The van der Waals surface area contributed by atoms with E-state index < -0.39 is 0 Å². The van der Waals surface area contributed by atoms with Crippen LogP contribution in [0, 0.1) is 0 Å². The standard InChI is InChI=1S/C16H16N4S/c1-11-15(12-5-3-2-4-6-12)20-14(9-18-16(20)21-11)7-13-8-17-10-19-13/h2-6,8,10,14H,7,9H2,1H3,(H,17,19)/t14-/m1/s1. The summed E-state index contributed by atoms with van der Waals surface area (Å²) < 4.78 is 0. The maximum Gasteiger partial charge on any atom is 0.168 e. The number of aromatic amines is 1. The molecule has 0 aliphatic carbocycles. The van der Waals surface area contributed by atoms with E-state index in [-0.39, 0.29) is 0 Å². The molecule has 0 radical (unpaired) electrons. The number of aliphatic imine (C=N–C) groups is 1. The van der Waals surface area contributed by atoms with Crippen LogP contribution in [0.3, 0.4) is 0 Å². The second-order valence-electron chi connectivity index (χ2n) is 5.30. The number of imidazole rings is 1. The highest BCUT2D eigenvalue weighted by atomic mass is 32.2. The van der Waals surface area contributed by atoms with Crippen LogP contribution in [-0.4, -0.2) is 32.6 Å². The maximum atomic E-state index is 4.72. The van der Waals surface area contributed by atoms with Crippen LogP contribution in [0.2, 0.25) is 0 Å². The van der Waals surface area contributed by atoms with E-state index in [2.05, 4.69) is 52.1 Å². The van der Waals surface area contributed by atoms with Gasteiger partial charge in [-0.2, -0.15) is 0 Å². The molecular weight excluding hydrogens is 280 g/mol. The number of fused-ring (bicyclic) bond motifs is 1. The average Bonchev–Trinajstić information content (AvgIpc) is 3.19. The van der Waals surface area contributed by atoms with E-state index in [1.807, 2.05) is 6.20 Å². The van der Waals surface area contributed by atoms with Gasteiger partial charge in [-0.05, 0) is 12.5 Å². The number of nitrogens with one attached hydrogen (secondary N) is 1. The minimum Gasteiger partial charge on any atom is -0.348 e. The topological polar surface area (TPSA) is 44.3 Å². The second kappa shape index (κ2) is 5.07. The van der Waals surface area contributed by atoms with Crippen molar-refractivity contribution in [3.8, 4) is 0 Å². The molecule has 1 N–H and O–H groups in total. The maximum absolute atomic E-state index is 4.72. The van der Waals surface area contributed by atoms with Crippen LogP contribution in [0.15, 0.2) is 52.8 Å². The van der Waals surface area contributed by atoms with Gasteiger partial charge < -0.3 is 9.88 Å². The molecule has 1 aromatic heterocycles. The molecule has 0 bridgehead atoms. The van der Waals surface area contributed by atoms with Crippen molar-refractivity contribution in [1.82, 2.24) is 14.9 Å². The molecule has 3 heterocycles. The zero-order chi connectivity index (χ0) is 14.2. The van der Waals surface area contributed by atoms with Crippen LogP contribution >= 0.6 is 11.8 Å². The Labute approximate surface area is 128 Å². The summed E-state index contributed by atoms with van der Waals surface area (Å²) >= 11 is 1.79. The minimum atomic E-state index is 0.376. The number of allylic oxidation sites excluding steroid dienone is 1. The van der Waals surface area contributed by atoms with Gasteiger partial charge in [0.15, 0.2) is 5.17 Å². The van der Waals surface area contributed by atoms with E-state index in [9.17, 15) is 0 Å². The van der Waals surface area contributed by atoms with Gasteiger partial charge in [0, 0.05) is 23.2 Å². The Kier molecular flexibility index (Phi) is 3.07. The third kappa shape index (κ3) is 2.17. The Morgan fingerprint density at radius 1 is 1.33 bits per heavy atom. The molecule has 4 rings (SSSR count). The quantitative estimate of drug-likeness (QED) is 0.946. The highest BCUT2D eigenvalue weighted by molar-refractivity contribution is 8.17. The van der Waals surface area contributed by atoms with Gasteiger partial charge in [-0.3, -0.25) is 4.99 Å². The number of nitrogens with zero attached hydrogens (tertiary/aromatic N) is 3. The van der Waals surface area contributed by atoms with E-state index in [4.69, 9.17) is 4.99 Å². The van der Waals surface area contributed by atoms with Gasteiger partial charge in [0.25, 0.3) is 0 Å². The lowest BCUT2D eigenvalue weighted by molar-refractivity contribution is 0.458. The number of H-pyrrole nitrogens is 1. The summed E-state index contributed by atoms with van der Waals surface area (Å²) in [5.41, 5.74) is 3.74. The molecule has 2 aliphatic rings. The molecule has 4 nitrogen and oxygen atoms in total. The lowest BCUT2D eigenvalue weighted by Gasteiger charge is -2.25. The van der Waals surface area contributed by atoms with Crippen LogP contribution in [0.4, 0.5) is 0 Å². The van der Waals surface area contributed by atoms with Gasteiger partial charge in [-0.1, -0.05) is 42.1 Å². The van der Waals surface area contributed by atoms with Crippen molar-refractivity contribution >= 4 is 22.6 Å². The van der Waals surface area contributed by atoms with Crippen molar-refractivity contribution in [3.63, 3.8) is 0 Å². The molecule has 0 amide bonds. The molecule has 5 heteroatoms. The smallest absolute Gasteiger partial charge is 0.168 e. The number of hydrogen-bond acceptors (Lipinski definition) is 4. The normalized spacial score (nSPS) is 20.9. The summed E-state index contributed by atoms with van der Waals surface area (Å²) in [7, 11) is 0. The first kappa shape index (κ1) is 12.7. The van der Waals surface area contributed by atoms with Crippen LogP contribution in [0.5, 0.6) is 0 Å². The van der Waals surface area contributed by atoms with Crippen molar-refractivity contribution < 1.29 is 0 Å². The largest absolute Gasteiger partial charge is 0.348 e. The fourth-order valence-corrected chi connectivity index (χ4v) is 4.02. The Balaban J connectivity index is 1.67. The molecule has 0 spiro atoms. The highest BCUT2D eigenvalue weighted by Gasteiger charge is 2.37. The Hall–Kier alpha value is -2.01. The first-order valence-corrected chi connectivity index (χ1v) is 7.89. The van der Waals surface area contributed by atoms with E-state index in [1.165, 1.54) is 21.9 Å². The SMILES string of the molecule is CC1=C(c2ccccc2)N2C(=NC[C@H]2Cc2cnc[nH]2)S1. The van der Waals surface area contributed by atoms with Crippen molar-refractivity contribution in [1.29, 1.82) is 0 Å². The van der Waals surface area contributed by atoms with Gasteiger partial charge in [0.1, 0.15) is 0 Å². The fourth-order valence-electron chi connectivity index (χ4n) is 2.96. The highest BCUT2D eigenvalue weighted by Crippen LogP contribution is 2.43. The molecule has 1 atom stereocenters. The Bertz CT molecular complexity index is 703. The third-order valence-corrected chi connectivity index (χ3v) is 4.89. The molecule has 1 aromatic carbocycles. The number of rotatable bonds is 3. The molecule has 0 saturated heterocycles. The van der Waals surface area contributed by atoms with Crippen LogP contribution in [0.1, 0.15) is 18.2 Å². The third-order valence-electron chi connectivity index (χ3n) is 3.88. The Morgan fingerprint density at radius 2 is 2.19 bits per heavy atom. The van der Waals surface area contributed by atoms with Crippen molar-refractivity contribution in [2.24, 2.45) is 4.99 Å². The predicted molar refractivity (Wildman–Crippen MR) is 86.8 cm³/mol. The summed E-state index contributed by atoms with van der Waals surface area (Å²) in [4.78, 5) is 15.8. The number of thioether (sulfide) groups is 1. The zero-order valence-electron chi connectivity index (χ0n) is 11.8. The number of amidine groups is 1. The number of benzene rings is 1. The average molecular weight is 296 g/mol. The molecule has 0 fully saturated rings. The predicted octanol–water partition coefficient (Wildman–Crippen LogP) is 3.13. The molecule has 2 aromatic rings. The zero-order valence-corrected chi connectivity index (χ0v) is 12.6. The van der Waals surface area contributed by atoms with Gasteiger partial charge in [0.05, 0.1) is 24.6 Å². The molecule has 0 unspecified atom stereocenters. The second-order valence-corrected chi connectivity index (χ2v) is 6.48. The van der Waals surface area contributed by atoms with E-state index in [0.29, 0.717) is 6.04 Å². The van der Waals surface area contributed by atoms with Crippen molar-refractivity contribution in [2.45, 2.75) is 19.4 Å². The summed E-state index contributed by atoms with van der Waals surface area (Å²) in [5.74, 6) is 0. The fraction of sp³-hybridized carbons (Fsp3) is 0.250. The first-order valence-electron chi connectivity index (χ1n) is 7.08. The molecule has 0 saturated carbocycles. The Morgan fingerprint density at radius 3 is 2.95 bits per heavy atom. The van der Waals surface area contributed by atoms with E-state index >= 15 is 0 Å². The summed E-state index contributed by atoms with van der Waals surface area (Å²) in [6, 6.07) is 11.0. The van der Waals surface area contributed by atoms with Crippen molar-refractivity contribution in [2.75, 3.05) is 6.54 Å². The lowest BCUT2D eigenvalue weighted by atomic mass is 10.1. The summed E-state index contributed by atoms with van der Waals surface area (Å²) in [6.07, 6.45) is 4.58. The minimum absolute atomic E-state index is 0.376. The molecule has 21 heavy (non-hydrogen) atoms. The van der Waals surface area contributed by atoms with E-state index in [1.54, 1.807) is 18.1 Å². The van der Waals surface area contributed by atoms with Crippen molar-refractivity contribution in [3.05, 3.63) is 59.0 Å². The van der Waals surface area contributed by atoms with Crippen LogP contribution < -0.4 is 0 Å². The molecule has 2 aliphatic heterocycles. The van der Waals surface area contributed by atoms with Gasteiger partial charge in [0.2, 0.25) is 0 Å². The van der Waals surface area contributed by atoms with Crippen LogP contribution in [-0.2, 0) is 6.42 Å². The van der Waals surface area contributed by atoms with Crippen LogP contribution in [0.25, 0.3) is 5.70 Å². The number of aromatic nitrogens is 2.